The van der Waals surface area contributed by atoms with E-state index in [-0.39, 0.29) is 17.0 Å². The molecule has 3 aromatic carbocycles. The molecule has 8 heteroatoms. The van der Waals surface area contributed by atoms with Crippen LogP contribution in [-0.4, -0.2) is 20.8 Å². The Morgan fingerprint density at radius 1 is 1.06 bits per heavy atom. The summed E-state index contributed by atoms with van der Waals surface area (Å²) < 4.78 is 2.00. The van der Waals surface area contributed by atoms with Gasteiger partial charge in [-0.15, -0.1) is 16.4 Å². The Morgan fingerprint density at radius 3 is 2.52 bits per heavy atom. The molecule has 0 aliphatic rings. The van der Waals surface area contributed by atoms with E-state index in [0.29, 0.717) is 4.80 Å². The standard InChI is InChI=1S/C23H18N4O3S/c1-16-7-9-17(10-8-16)21-15-31-23(26(21)19-5-3-2-4-6-19)25-24-14-18-13-20(27(29)30)11-12-22(18)28/h2-15,28H,1H3/b24-14-,25-23-. The number of nitro benzene ring substituents is 1. The smallest absolute Gasteiger partial charge is 0.270 e. The molecule has 0 amide bonds. The Kier molecular flexibility index (Phi) is 5.72. The van der Waals surface area contributed by atoms with Gasteiger partial charge in [0.15, 0.2) is 0 Å². The van der Waals surface area contributed by atoms with Gasteiger partial charge in [0, 0.05) is 28.8 Å². The SMILES string of the molecule is Cc1ccc(-c2cs/c(=N\N=C/c3cc([N+](=O)[O-])ccc3O)n2-c2ccccc2)cc1. The number of nitrogens with zero attached hydrogens (tertiary/aromatic N) is 4. The lowest BCUT2D eigenvalue weighted by Gasteiger charge is -2.09. The molecule has 1 aromatic heterocycles. The van der Waals surface area contributed by atoms with Crippen molar-refractivity contribution >= 4 is 23.2 Å². The summed E-state index contributed by atoms with van der Waals surface area (Å²) in [5.41, 5.74) is 4.23. The molecular weight excluding hydrogens is 412 g/mol. The molecule has 4 aromatic rings. The number of para-hydroxylation sites is 1. The Hall–Kier alpha value is -4.04. The van der Waals surface area contributed by atoms with Gasteiger partial charge < -0.3 is 5.11 Å². The minimum Gasteiger partial charge on any atom is -0.507 e. The molecule has 0 saturated heterocycles. The predicted octanol–water partition coefficient (Wildman–Crippen LogP) is 5.06. The average molecular weight is 430 g/mol. The van der Waals surface area contributed by atoms with Gasteiger partial charge in [0.05, 0.1) is 16.8 Å². The number of hydrogen-bond acceptors (Lipinski definition) is 6. The molecular formula is C23H18N4O3S. The van der Waals surface area contributed by atoms with Gasteiger partial charge in [-0.2, -0.15) is 5.10 Å². The number of phenolic OH excluding ortho intramolecular Hbond substituents is 1. The molecule has 0 bridgehead atoms. The van der Waals surface area contributed by atoms with Crippen molar-refractivity contribution in [3.8, 4) is 22.7 Å². The van der Waals surface area contributed by atoms with Gasteiger partial charge in [0.25, 0.3) is 5.69 Å². The number of aromatic hydroxyl groups is 1. The quantitative estimate of drug-likeness (QED) is 0.272. The number of thiazole rings is 1. The molecule has 1 heterocycles. The van der Waals surface area contributed by atoms with Gasteiger partial charge >= 0.3 is 0 Å². The maximum atomic E-state index is 11.0. The van der Waals surface area contributed by atoms with E-state index in [9.17, 15) is 15.2 Å². The molecule has 0 aliphatic heterocycles. The topological polar surface area (TPSA) is 93.0 Å². The van der Waals surface area contributed by atoms with Crippen LogP contribution in [0, 0.1) is 17.0 Å². The van der Waals surface area contributed by atoms with Crippen molar-refractivity contribution in [2.75, 3.05) is 0 Å². The Labute approximate surface area is 182 Å². The lowest BCUT2D eigenvalue weighted by Crippen LogP contribution is -2.13. The second kappa shape index (κ2) is 8.76. The van der Waals surface area contributed by atoms with Crippen molar-refractivity contribution in [1.82, 2.24) is 4.57 Å². The Morgan fingerprint density at radius 2 is 1.81 bits per heavy atom. The van der Waals surface area contributed by atoms with Crippen molar-refractivity contribution < 1.29 is 10.0 Å². The molecule has 31 heavy (non-hydrogen) atoms. The van der Waals surface area contributed by atoms with Crippen LogP contribution in [0.1, 0.15) is 11.1 Å². The van der Waals surface area contributed by atoms with Crippen LogP contribution in [0.4, 0.5) is 5.69 Å². The first kappa shape index (κ1) is 20.2. The summed E-state index contributed by atoms with van der Waals surface area (Å²) >= 11 is 1.43. The fourth-order valence-electron chi connectivity index (χ4n) is 3.03. The molecule has 154 valence electrons. The van der Waals surface area contributed by atoms with Crippen LogP contribution in [0.3, 0.4) is 0 Å². The zero-order valence-corrected chi connectivity index (χ0v) is 17.4. The zero-order valence-electron chi connectivity index (χ0n) is 16.5. The molecule has 0 aliphatic carbocycles. The zero-order chi connectivity index (χ0) is 21.8. The number of hydrogen-bond donors (Lipinski definition) is 1. The lowest BCUT2D eigenvalue weighted by molar-refractivity contribution is -0.384. The van der Waals surface area contributed by atoms with Crippen molar-refractivity contribution in [1.29, 1.82) is 0 Å². The molecule has 0 unspecified atom stereocenters. The first-order chi connectivity index (χ1) is 15.0. The van der Waals surface area contributed by atoms with Crippen molar-refractivity contribution in [3.63, 3.8) is 0 Å². The second-order valence-electron chi connectivity index (χ2n) is 6.79. The minimum atomic E-state index is -0.523. The summed E-state index contributed by atoms with van der Waals surface area (Å²) in [5.74, 6) is -0.105. The fourth-order valence-corrected chi connectivity index (χ4v) is 3.89. The maximum Gasteiger partial charge on any atom is 0.270 e. The number of aryl methyl sites for hydroxylation is 1. The third kappa shape index (κ3) is 4.44. The van der Waals surface area contributed by atoms with Gasteiger partial charge in [0.1, 0.15) is 5.75 Å². The van der Waals surface area contributed by atoms with Crippen LogP contribution in [0.2, 0.25) is 0 Å². The number of non-ortho nitro benzene ring substituents is 1. The van der Waals surface area contributed by atoms with Crippen LogP contribution in [0.5, 0.6) is 5.75 Å². The molecule has 0 spiro atoms. The lowest BCUT2D eigenvalue weighted by atomic mass is 10.1. The molecule has 1 N–H and O–H groups in total. The van der Waals surface area contributed by atoms with E-state index in [0.717, 1.165) is 16.9 Å². The van der Waals surface area contributed by atoms with Crippen molar-refractivity contribution in [2.24, 2.45) is 10.2 Å². The monoisotopic (exact) mass is 430 g/mol. The number of rotatable bonds is 5. The average Bonchev–Trinajstić information content (AvgIpc) is 3.20. The third-order valence-corrected chi connectivity index (χ3v) is 5.45. The van der Waals surface area contributed by atoms with E-state index in [1.807, 2.05) is 47.2 Å². The van der Waals surface area contributed by atoms with Crippen LogP contribution in [0.25, 0.3) is 16.9 Å². The molecule has 0 fully saturated rings. The number of nitro groups is 1. The third-order valence-electron chi connectivity index (χ3n) is 4.63. The van der Waals surface area contributed by atoms with Gasteiger partial charge in [-0.1, -0.05) is 48.0 Å². The first-order valence-electron chi connectivity index (χ1n) is 9.40. The number of phenols is 1. The number of benzene rings is 3. The van der Waals surface area contributed by atoms with Crippen LogP contribution < -0.4 is 4.80 Å². The minimum absolute atomic E-state index is 0.105. The predicted molar refractivity (Wildman–Crippen MR) is 122 cm³/mol. The van der Waals surface area contributed by atoms with Gasteiger partial charge in [-0.05, 0) is 30.7 Å². The van der Waals surface area contributed by atoms with E-state index < -0.39 is 4.92 Å². The summed E-state index contributed by atoms with van der Waals surface area (Å²) in [4.78, 5) is 11.1. The van der Waals surface area contributed by atoms with E-state index in [2.05, 4.69) is 34.5 Å². The first-order valence-corrected chi connectivity index (χ1v) is 10.3. The summed E-state index contributed by atoms with van der Waals surface area (Å²) in [5, 5.41) is 31.4. The molecule has 0 atom stereocenters. The van der Waals surface area contributed by atoms with Crippen molar-refractivity contribution in [2.45, 2.75) is 6.92 Å². The van der Waals surface area contributed by atoms with Gasteiger partial charge in [-0.3, -0.25) is 14.7 Å². The highest BCUT2D eigenvalue weighted by Gasteiger charge is 2.11. The molecule has 0 saturated carbocycles. The van der Waals surface area contributed by atoms with Gasteiger partial charge in [0.2, 0.25) is 4.80 Å². The van der Waals surface area contributed by atoms with Crippen LogP contribution in [0.15, 0.2) is 88.4 Å². The summed E-state index contributed by atoms with van der Waals surface area (Å²) in [6, 6.07) is 21.8. The second-order valence-corrected chi connectivity index (χ2v) is 7.62. The van der Waals surface area contributed by atoms with Crippen LogP contribution in [-0.2, 0) is 0 Å². The molecule has 7 nitrogen and oxygen atoms in total. The van der Waals surface area contributed by atoms with Crippen molar-refractivity contribution in [3.05, 3.63) is 104 Å². The van der Waals surface area contributed by atoms with E-state index in [4.69, 9.17) is 0 Å². The van der Waals surface area contributed by atoms with E-state index in [1.54, 1.807) is 0 Å². The van der Waals surface area contributed by atoms with E-state index >= 15 is 0 Å². The molecule has 4 rings (SSSR count). The molecule has 0 radical (unpaired) electrons. The largest absolute Gasteiger partial charge is 0.507 e. The fraction of sp³-hybridized carbons (Fsp3) is 0.0435. The summed E-state index contributed by atoms with van der Waals surface area (Å²) in [6.45, 7) is 2.04. The summed E-state index contributed by atoms with van der Waals surface area (Å²) in [7, 11) is 0. The highest BCUT2D eigenvalue weighted by atomic mass is 32.1. The summed E-state index contributed by atoms with van der Waals surface area (Å²) in [6.07, 6.45) is 1.31. The maximum absolute atomic E-state index is 11.0. The number of aromatic nitrogens is 1. The Bertz CT molecular complexity index is 1320. The highest BCUT2D eigenvalue weighted by molar-refractivity contribution is 7.07. The Balaban J connectivity index is 1.79. The normalized spacial score (nSPS) is 11.8. The van der Waals surface area contributed by atoms with E-state index in [1.165, 1.54) is 41.3 Å². The van der Waals surface area contributed by atoms with Gasteiger partial charge in [-0.25, -0.2) is 0 Å². The van der Waals surface area contributed by atoms with Crippen LogP contribution >= 0.6 is 11.3 Å². The highest BCUT2D eigenvalue weighted by Crippen LogP contribution is 2.24.